The maximum absolute atomic E-state index is 11.9. The fourth-order valence-corrected chi connectivity index (χ4v) is 2.34. The summed E-state index contributed by atoms with van der Waals surface area (Å²) in [4.78, 5) is 25.2. The highest BCUT2D eigenvalue weighted by Gasteiger charge is 2.23. The van der Waals surface area contributed by atoms with Crippen molar-refractivity contribution in [3.05, 3.63) is 0 Å². The first-order valence-corrected chi connectivity index (χ1v) is 6.86. The minimum absolute atomic E-state index is 0.00884. The Morgan fingerprint density at radius 1 is 1.56 bits per heavy atom. The van der Waals surface area contributed by atoms with Crippen molar-refractivity contribution in [2.45, 2.75) is 45.6 Å². The Bertz CT molecular complexity index is 294. The van der Waals surface area contributed by atoms with E-state index in [1.807, 2.05) is 18.7 Å². The van der Waals surface area contributed by atoms with E-state index < -0.39 is 0 Å². The molecule has 104 valence electrons. The van der Waals surface area contributed by atoms with Crippen LogP contribution >= 0.6 is 0 Å². The van der Waals surface area contributed by atoms with Crippen LogP contribution in [0.3, 0.4) is 0 Å². The van der Waals surface area contributed by atoms with Crippen molar-refractivity contribution in [1.82, 2.24) is 10.2 Å². The molecule has 2 unspecified atom stereocenters. The molecule has 5 heteroatoms. The Labute approximate surface area is 109 Å². The summed E-state index contributed by atoms with van der Waals surface area (Å²) in [5.41, 5.74) is 5.60. The molecule has 1 aliphatic rings. The molecule has 1 fully saturated rings. The van der Waals surface area contributed by atoms with Crippen LogP contribution in [0.5, 0.6) is 0 Å². The van der Waals surface area contributed by atoms with Gasteiger partial charge in [0.1, 0.15) is 0 Å². The zero-order valence-electron chi connectivity index (χ0n) is 11.4. The Kier molecular flexibility index (Phi) is 6.12. The topological polar surface area (TPSA) is 75.4 Å². The van der Waals surface area contributed by atoms with Crippen molar-refractivity contribution in [3.8, 4) is 0 Å². The second-order valence-electron chi connectivity index (χ2n) is 5.07. The lowest BCUT2D eigenvalue weighted by Gasteiger charge is -2.23. The first-order chi connectivity index (χ1) is 8.58. The summed E-state index contributed by atoms with van der Waals surface area (Å²) in [5.74, 6) is 0.102. The molecule has 0 aromatic rings. The zero-order valence-corrected chi connectivity index (χ0v) is 11.4. The number of hydrogen-bond donors (Lipinski definition) is 2. The highest BCUT2D eigenvalue weighted by Crippen LogP contribution is 2.10. The maximum atomic E-state index is 11.9. The van der Waals surface area contributed by atoms with Gasteiger partial charge in [0.15, 0.2) is 0 Å². The van der Waals surface area contributed by atoms with Crippen LogP contribution in [-0.2, 0) is 9.59 Å². The molecule has 2 amide bonds. The van der Waals surface area contributed by atoms with Gasteiger partial charge in [0.2, 0.25) is 11.8 Å². The summed E-state index contributed by atoms with van der Waals surface area (Å²) in [6, 6.07) is -0.00884. The molecule has 0 aliphatic carbocycles. The summed E-state index contributed by atoms with van der Waals surface area (Å²) in [5, 5.41) is 2.95. The smallest absolute Gasteiger partial charge is 0.224 e. The van der Waals surface area contributed by atoms with Crippen LogP contribution < -0.4 is 11.1 Å². The van der Waals surface area contributed by atoms with Crippen LogP contribution in [0.25, 0.3) is 0 Å². The van der Waals surface area contributed by atoms with E-state index in [2.05, 4.69) is 5.32 Å². The number of likely N-dealkylation sites (tertiary alicyclic amines) is 1. The number of amides is 2. The quantitative estimate of drug-likeness (QED) is 0.695. The second-order valence-corrected chi connectivity index (χ2v) is 5.07. The lowest BCUT2D eigenvalue weighted by molar-refractivity contribution is -0.129. The van der Waals surface area contributed by atoms with E-state index in [0.29, 0.717) is 19.5 Å². The summed E-state index contributed by atoms with van der Waals surface area (Å²) >= 11 is 0. The van der Waals surface area contributed by atoms with Crippen LogP contribution in [0.15, 0.2) is 0 Å². The van der Waals surface area contributed by atoms with Crippen LogP contribution in [0.1, 0.15) is 39.5 Å². The number of rotatable bonds is 7. The molecule has 18 heavy (non-hydrogen) atoms. The molecular formula is C13H25N3O2. The number of hydrogen-bond acceptors (Lipinski definition) is 3. The standard InChI is InChI=1S/C13H25N3O2/c1-3-5-11(8-14)13(18)15-10(2)9-16-7-4-6-12(16)17/h10-11H,3-9,14H2,1-2H3,(H,15,18). The van der Waals surface area contributed by atoms with Gasteiger partial charge in [0, 0.05) is 32.1 Å². The fraction of sp³-hybridized carbons (Fsp3) is 0.846. The molecular weight excluding hydrogens is 230 g/mol. The van der Waals surface area contributed by atoms with Gasteiger partial charge in [-0.25, -0.2) is 0 Å². The van der Waals surface area contributed by atoms with Crippen molar-refractivity contribution < 1.29 is 9.59 Å². The zero-order chi connectivity index (χ0) is 13.5. The van der Waals surface area contributed by atoms with Gasteiger partial charge >= 0.3 is 0 Å². The van der Waals surface area contributed by atoms with E-state index in [9.17, 15) is 9.59 Å². The van der Waals surface area contributed by atoms with E-state index in [1.54, 1.807) is 0 Å². The summed E-state index contributed by atoms with van der Waals surface area (Å²) < 4.78 is 0. The van der Waals surface area contributed by atoms with Gasteiger partial charge in [-0.15, -0.1) is 0 Å². The Morgan fingerprint density at radius 2 is 2.28 bits per heavy atom. The highest BCUT2D eigenvalue weighted by molar-refractivity contribution is 5.80. The predicted molar refractivity (Wildman–Crippen MR) is 70.9 cm³/mol. The third kappa shape index (κ3) is 4.29. The lowest BCUT2D eigenvalue weighted by Crippen LogP contribution is -2.45. The molecule has 1 heterocycles. The van der Waals surface area contributed by atoms with Crippen LogP contribution in [0.4, 0.5) is 0 Å². The Morgan fingerprint density at radius 3 is 2.78 bits per heavy atom. The summed E-state index contributed by atoms with van der Waals surface area (Å²) in [6.45, 7) is 5.78. The SMILES string of the molecule is CCCC(CN)C(=O)NC(C)CN1CCCC1=O. The fourth-order valence-electron chi connectivity index (χ4n) is 2.34. The molecule has 0 spiro atoms. The average molecular weight is 255 g/mol. The van der Waals surface area contributed by atoms with Crippen molar-refractivity contribution in [3.63, 3.8) is 0 Å². The largest absolute Gasteiger partial charge is 0.352 e. The van der Waals surface area contributed by atoms with Gasteiger partial charge in [-0.3, -0.25) is 9.59 Å². The molecule has 2 atom stereocenters. The summed E-state index contributed by atoms with van der Waals surface area (Å²) in [6.07, 6.45) is 3.34. The molecule has 0 bridgehead atoms. The van der Waals surface area contributed by atoms with Gasteiger partial charge in [0.25, 0.3) is 0 Å². The van der Waals surface area contributed by atoms with Gasteiger partial charge in [-0.2, -0.15) is 0 Å². The first-order valence-electron chi connectivity index (χ1n) is 6.86. The molecule has 0 radical (unpaired) electrons. The lowest BCUT2D eigenvalue weighted by atomic mass is 10.0. The molecule has 0 saturated carbocycles. The van der Waals surface area contributed by atoms with Crippen LogP contribution in [-0.4, -0.2) is 42.4 Å². The van der Waals surface area contributed by atoms with E-state index in [-0.39, 0.29) is 23.8 Å². The van der Waals surface area contributed by atoms with Gasteiger partial charge in [0.05, 0.1) is 5.92 Å². The molecule has 1 saturated heterocycles. The number of carbonyl (C=O) groups excluding carboxylic acids is 2. The minimum atomic E-state index is -0.105. The van der Waals surface area contributed by atoms with E-state index in [0.717, 1.165) is 25.8 Å². The monoisotopic (exact) mass is 255 g/mol. The number of nitrogens with one attached hydrogen (secondary N) is 1. The highest BCUT2D eigenvalue weighted by atomic mass is 16.2. The summed E-state index contributed by atoms with van der Waals surface area (Å²) in [7, 11) is 0. The number of carbonyl (C=O) groups is 2. The van der Waals surface area contributed by atoms with E-state index in [1.165, 1.54) is 0 Å². The van der Waals surface area contributed by atoms with Crippen molar-refractivity contribution in [2.75, 3.05) is 19.6 Å². The van der Waals surface area contributed by atoms with Crippen molar-refractivity contribution in [2.24, 2.45) is 11.7 Å². The van der Waals surface area contributed by atoms with Gasteiger partial charge in [-0.05, 0) is 19.8 Å². The molecule has 3 N–H and O–H groups in total. The number of nitrogens with two attached hydrogens (primary N) is 1. The second kappa shape index (κ2) is 7.36. The first kappa shape index (κ1) is 15.0. The normalized spacial score (nSPS) is 18.8. The third-order valence-electron chi connectivity index (χ3n) is 3.35. The van der Waals surface area contributed by atoms with Crippen molar-refractivity contribution in [1.29, 1.82) is 0 Å². The van der Waals surface area contributed by atoms with Gasteiger partial charge in [-0.1, -0.05) is 13.3 Å². The maximum Gasteiger partial charge on any atom is 0.224 e. The van der Waals surface area contributed by atoms with E-state index >= 15 is 0 Å². The number of nitrogens with zero attached hydrogens (tertiary/aromatic N) is 1. The van der Waals surface area contributed by atoms with Crippen molar-refractivity contribution >= 4 is 11.8 Å². The molecule has 0 aromatic heterocycles. The van der Waals surface area contributed by atoms with Crippen LogP contribution in [0.2, 0.25) is 0 Å². The Balaban J connectivity index is 2.36. The Hall–Kier alpha value is -1.10. The van der Waals surface area contributed by atoms with Gasteiger partial charge < -0.3 is 16.0 Å². The molecule has 5 nitrogen and oxygen atoms in total. The molecule has 0 aromatic carbocycles. The predicted octanol–water partition coefficient (Wildman–Crippen LogP) is 0.489. The third-order valence-corrected chi connectivity index (χ3v) is 3.35. The molecule has 1 rings (SSSR count). The molecule has 1 aliphatic heterocycles. The van der Waals surface area contributed by atoms with Crippen LogP contribution in [0, 0.1) is 5.92 Å². The average Bonchev–Trinajstić information content (AvgIpc) is 2.71. The van der Waals surface area contributed by atoms with E-state index in [4.69, 9.17) is 5.73 Å². The minimum Gasteiger partial charge on any atom is -0.352 e.